The van der Waals surface area contributed by atoms with Crippen LogP contribution in [0.25, 0.3) is 0 Å². The standard InChI is InChI=1S/C20H18F2N2O5S/c1-28-19(26)16(23)6-10-2-4-11(5-3-10)29-12-7-14(21)13(15(22)8-12)9-17-18(25)24-20(27)30-17/h2-5,7-8,16,25H,6,9,23H2,1H3,(H,24,27). The minimum Gasteiger partial charge on any atom is -0.494 e. The Morgan fingerprint density at radius 2 is 1.83 bits per heavy atom. The highest BCUT2D eigenvalue weighted by molar-refractivity contribution is 7.09. The molecule has 0 amide bonds. The number of hydrogen-bond donors (Lipinski definition) is 3. The van der Waals surface area contributed by atoms with Crippen molar-refractivity contribution in [3.8, 4) is 17.4 Å². The average Bonchev–Trinajstić information content (AvgIpc) is 3.02. The predicted octanol–water partition coefficient (Wildman–Crippen LogP) is 2.85. The number of aromatic amines is 1. The summed E-state index contributed by atoms with van der Waals surface area (Å²) in [6.45, 7) is 0. The molecule has 2 aromatic carbocycles. The highest BCUT2D eigenvalue weighted by Gasteiger charge is 2.17. The van der Waals surface area contributed by atoms with Crippen LogP contribution in [-0.4, -0.2) is 29.2 Å². The Hall–Kier alpha value is -3.24. The molecule has 0 aliphatic heterocycles. The van der Waals surface area contributed by atoms with Crippen molar-refractivity contribution in [3.05, 3.63) is 73.7 Å². The van der Waals surface area contributed by atoms with Crippen LogP contribution in [0, 0.1) is 11.6 Å². The van der Waals surface area contributed by atoms with Gasteiger partial charge in [0, 0.05) is 24.1 Å². The Balaban J connectivity index is 1.72. The summed E-state index contributed by atoms with van der Waals surface area (Å²) >= 11 is 0.678. The maximum atomic E-state index is 14.4. The van der Waals surface area contributed by atoms with Crippen molar-refractivity contribution in [1.82, 2.24) is 4.98 Å². The summed E-state index contributed by atoms with van der Waals surface area (Å²) in [5.74, 6) is -2.40. The van der Waals surface area contributed by atoms with E-state index in [1.807, 2.05) is 0 Å². The molecule has 0 saturated carbocycles. The van der Waals surface area contributed by atoms with Crippen LogP contribution < -0.4 is 15.3 Å². The number of aromatic nitrogens is 1. The molecule has 1 aromatic heterocycles. The Bertz CT molecular complexity index is 1090. The lowest BCUT2D eigenvalue weighted by Gasteiger charge is -2.11. The summed E-state index contributed by atoms with van der Waals surface area (Å²) in [5, 5.41) is 9.60. The largest absolute Gasteiger partial charge is 0.494 e. The SMILES string of the molecule is COC(=O)C(N)Cc1ccc(Oc2cc(F)c(Cc3sc(=O)[nH]c3O)c(F)c2)cc1. The molecule has 158 valence electrons. The second kappa shape index (κ2) is 9.06. The molecular weight excluding hydrogens is 418 g/mol. The van der Waals surface area contributed by atoms with Gasteiger partial charge in [0.15, 0.2) is 0 Å². The van der Waals surface area contributed by atoms with Crippen molar-refractivity contribution in [3.63, 3.8) is 0 Å². The number of nitrogens with two attached hydrogens (primary N) is 1. The third-order valence-corrected chi connectivity index (χ3v) is 5.14. The van der Waals surface area contributed by atoms with E-state index >= 15 is 0 Å². The van der Waals surface area contributed by atoms with E-state index in [0.29, 0.717) is 17.1 Å². The molecule has 10 heteroatoms. The topological polar surface area (TPSA) is 115 Å². The van der Waals surface area contributed by atoms with Crippen LogP contribution in [0.1, 0.15) is 16.0 Å². The Morgan fingerprint density at radius 3 is 2.37 bits per heavy atom. The summed E-state index contributed by atoms with van der Waals surface area (Å²) in [4.78, 5) is 24.4. The second-order valence-electron chi connectivity index (χ2n) is 6.41. The molecule has 3 rings (SSSR count). The third kappa shape index (κ3) is 5.02. The van der Waals surface area contributed by atoms with E-state index in [2.05, 4.69) is 9.72 Å². The summed E-state index contributed by atoms with van der Waals surface area (Å²) in [6, 6.07) is 7.76. The molecular formula is C20H18F2N2O5S. The average molecular weight is 436 g/mol. The van der Waals surface area contributed by atoms with Crippen LogP contribution in [0.2, 0.25) is 0 Å². The number of benzene rings is 2. The summed E-state index contributed by atoms with van der Waals surface area (Å²) in [5.41, 5.74) is 6.18. The molecule has 0 aliphatic rings. The first-order valence-corrected chi connectivity index (χ1v) is 9.57. The van der Waals surface area contributed by atoms with Gasteiger partial charge in [-0.25, -0.2) is 8.78 Å². The molecule has 4 N–H and O–H groups in total. The molecule has 1 atom stereocenters. The van der Waals surface area contributed by atoms with E-state index in [1.54, 1.807) is 24.3 Å². The highest BCUT2D eigenvalue weighted by Crippen LogP contribution is 2.29. The molecule has 1 heterocycles. The van der Waals surface area contributed by atoms with E-state index in [1.165, 1.54) is 7.11 Å². The molecule has 0 spiro atoms. The fraction of sp³-hybridized carbons (Fsp3) is 0.200. The van der Waals surface area contributed by atoms with Gasteiger partial charge in [-0.2, -0.15) is 0 Å². The zero-order chi connectivity index (χ0) is 21.8. The molecule has 3 aromatic rings. The monoisotopic (exact) mass is 436 g/mol. The van der Waals surface area contributed by atoms with Crippen molar-refractivity contribution in [2.24, 2.45) is 5.73 Å². The number of ether oxygens (including phenoxy) is 2. The van der Waals surface area contributed by atoms with Crippen LogP contribution >= 0.6 is 11.3 Å². The lowest BCUT2D eigenvalue weighted by Crippen LogP contribution is -2.33. The highest BCUT2D eigenvalue weighted by atomic mass is 32.1. The molecule has 30 heavy (non-hydrogen) atoms. The van der Waals surface area contributed by atoms with Gasteiger partial charge in [-0.1, -0.05) is 23.5 Å². The number of nitrogens with one attached hydrogen (secondary N) is 1. The van der Waals surface area contributed by atoms with Gasteiger partial charge in [-0.05, 0) is 24.1 Å². The smallest absolute Gasteiger partial charge is 0.322 e. The van der Waals surface area contributed by atoms with Crippen molar-refractivity contribution >= 4 is 17.3 Å². The summed E-state index contributed by atoms with van der Waals surface area (Å²) < 4.78 is 38.9. The minimum absolute atomic E-state index is 0.0563. The van der Waals surface area contributed by atoms with Gasteiger partial charge >= 0.3 is 10.8 Å². The molecule has 7 nitrogen and oxygen atoms in total. The number of carbonyl (C=O) groups excluding carboxylic acids is 1. The van der Waals surface area contributed by atoms with Gasteiger partial charge in [0.05, 0.1) is 12.0 Å². The molecule has 0 radical (unpaired) electrons. The molecule has 1 unspecified atom stereocenters. The van der Waals surface area contributed by atoms with Crippen LogP contribution in [-0.2, 0) is 22.4 Å². The number of methoxy groups -OCH3 is 1. The van der Waals surface area contributed by atoms with Crippen LogP contribution in [0.5, 0.6) is 17.4 Å². The number of thiazole rings is 1. The third-order valence-electron chi connectivity index (χ3n) is 4.27. The van der Waals surface area contributed by atoms with Crippen molar-refractivity contribution in [2.75, 3.05) is 7.11 Å². The van der Waals surface area contributed by atoms with E-state index in [0.717, 1.165) is 17.7 Å². The number of hydrogen-bond acceptors (Lipinski definition) is 7. The zero-order valence-corrected chi connectivity index (χ0v) is 16.6. The number of esters is 1. The van der Waals surface area contributed by atoms with Gasteiger partial charge < -0.3 is 20.3 Å². The van der Waals surface area contributed by atoms with Crippen LogP contribution in [0.4, 0.5) is 8.78 Å². The maximum Gasteiger partial charge on any atom is 0.322 e. The van der Waals surface area contributed by atoms with Crippen molar-refractivity contribution in [2.45, 2.75) is 18.9 Å². The predicted molar refractivity (Wildman–Crippen MR) is 106 cm³/mol. The Labute approximate surface area is 173 Å². The van der Waals surface area contributed by atoms with Gasteiger partial charge in [0.1, 0.15) is 29.2 Å². The van der Waals surface area contributed by atoms with Gasteiger partial charge in [-0.3, -0.25) is 14.6 Å². The Kier molecular flexibility index (Phi) is 6.48. The Morgan fingerprint density at radius 1 is 1.20 bits per heavy atom. The van der Waals surface area contributed by atoms with Gasteiger partial charge in [0.25, 0.3) is 0 Å². The minimum atomic E-state index is -0.870. The van der Waals surface area contributed by atoms with Gasteiger partial charge in [0.2, 0.25) is 5.88 Å². The number of H-pyrrole nitrogens is 1. The van der Waals surface area contributed by atoms with E-state index in [9.17, 15) is 23.5 Å². The summed E-state index contributed by atoms with van der Waals surface area (Å²) in [7, 11) is 1.26. The lowest BCUT2D eigenvalue weighted by molar-refractivity contribution is -0.142. The number of aromatic hydroxyl groups is 1. The second-order valence-corrected chi connectivity index (χ2v) is 7.48. The van der Waals surface area contributed by atoms with Crippen molar-refractivity contribution in [1.29, 1.82) is 0 Å². The molecule has 0 saturated heterocycles. The fourth-order valence-electron chi connectivity index (χ4n) is 2.76. The number of halogens is 2. The number of carbonyl (C=O) groups is 1. The van der Waals surface area contributed by atoms with Crippen LogP contribution in [0.3, 0.4) is 0 Å². The summed E-state index contributed by atoms with van der Waals surface area (Å²) in [6.07, 6.45) is -0.00862. The normalized spacial score (nSPS) is 11.9. The molecule has 0 aliphatic carbocycles. The quantitative estimate of drug-likeness (QED) is 0.491. The zero-order valence-electron chi connectivity index (χ0n) is 15.8. The van der Waals surface area contributed by atoms with E-state index < -0.39 is 34.4 Å². The van der Waals surface area contributed by atoms with Crippen LogP contribution in [0.15, 0.2) is 41.2 Å². The van der Waals surface area contributed by atoms with Crippen molar-refractivity contribution < 1.29 is 28.2 Å². The first-order valence-electron chi connectivity index (χ1n) is 8.76. The van der Waals surface area contributed by atoms with E-state index in [-0.39, 0.29) is 29.0 Å². The van der Waals surface area contributed by atoms with E-state index in [4.69, 9.17) is 10.5 Å². The maximum absolute atomic E-state index is 14.4. The molecule has 0 bridgehead atoms. The lowest BCUT2D eigenvalue weighted by atomic mass is 10.1. The first-order chi connectivity index (χ1) is 14.3. The van der Waals surface area contributed by atoms with Gasteiger partial charge in [-0.15, -0.1) is 0 Å². The first kappa shape index (κ1) is 21.5. The number of rotatable bonds is 7. The fourth-order valence-corrected chi connectivity index (χ4v) is 3.49. The molecule has 0 fully saturated rings.